The molecule has 0 aliphatic carbocycles. The summed E-state index contributed by atoms with van der Waals surface area (Å²) >= 11 is 0. The summed E-state index contributed by atoms with van der Waals surface area (Å²) in [5.41, 5.74) is 0.436. The number of hydrogen-bond acceptors (Lipinski definition) is 6. The van der Waals surface area contributed by atoms with Crippen LogP contribution < -0.4 is 0 Å². The molecule has 2 atom stereocenters. The lowest BCUT2D eigenvalue weighted by Crippen LogP contribution is -2.44. The van der Waals surface area contributed by atoms with Crippen LogP contribution in [0.5, 0.6) is 0 Å². The van der Waals surface area contributed by atoms with Gasteiger partial charge in [-0.05, 0) is 31.9 Å². The highest BCUT2D eigenvalue weighted by molar-refractivity contribution is 5.94. The van der Waals surface area contributed by atoms with Gasteiger partial charge in [0.1, 0.15) is 5.82 Å². The third-order valence-electron chi connectivity index (χ3n) is 6.58. The normalized spacial score (nSPS) is 28.6. The van der Waals surface area contributed by atoms with Crippen molar-refractivity contribution in [3.63, 3.8) is 0 Å². The van der Waals surface area contributed by atoms with Crippen molar-refractivity contribution >= 4 is 5.91 Å². The van der Waals surface area contributed by atoms with Gasteiger partial charge in [-0.2, -0.15) is 5.10 Å². The Kier molecular flexibility index (Phi) is 4.40. The van der Waals surface area contributed by atoms with Gasteiger partial charge in [0.25, 0.3) is 5.91 Å². The first kappa shape index (κ1) is 17.8. The molecule has 5 rings (SSSR count). The summed E-state index contributed by atoms with van der Waals surface area (Å²) in [7, 11) is 0. The molecule has 0 aromatic carbocycles. The van der Waals surface area contributed by atoms with E-state index >= 15 is 0 Å². The number of nitrogens with one attached hydrogen (secondary N) is 1. The minimum atomic E-state index is -0.207. The maximum Gasteiger partial charge on any atom is 0.255 e. The number of aromatic amines is 1. The Hall–Kier alpha value is -2.32. The molecule has 3 aliphatic rings. The maximum absolute atomic E-state index is 13.0. The van der Waals surface area contributed by atoms with Gasteiger partial charge in [-0.25, -0.2) is 4.98 Å². The number of aromatic nitrogens is 4. The van der Waals surface area contributed by atoms with Crippen molar-refractivity contribution in [1.82, 2.24) is 30.0 Å². The lowest BCUT2D eigenvalue weighted by Gasteiger charge is -2.33. The molecule has 3 saturated heterocycles. The Bertz CT molecular complexity index is 849. The van der Waals surface area contributed by atoms with Gasteiger partial charge >= 0.3 is 0 Å². The van der Waals surface area contributed by atoms with Crippen LogP contribution in [0, 0.1) is 12.8 Å². The molecule has 148 valence electrons. The van der Waals surface area contributed by atoms with Crippen molar-refractivity contribution in [2.45, 2.75) is 31.2 Å². The van der Waals surface area contributed by atoms with Crippen LogP contribution in [0.1, 0.15) is 34.8 Å². The van der Waals surface area contributed by atoms with Crippen LogP contribution >= 0.6 is 0 Å². The Labute approximate surface area is 164 Å². The van der Waals surface area contributed by atoms with Crippen LogP contribution in [0.4, 0.5) is 0 Å². The Morgan fingerprint density at radius 1 is 1.29 bits per heavy atom. The van der Waals surface area contributed by atoms with E-state index in [-0.39, 0.29) is 11.3 Å². The quantitative estimate of drug-likeness (QED) is 0.853. The van der Waals surface area contributed by atoms with Gasteiger partial charge < -0.3 is 9.64 Å². The van der Waals surface area contributed by atoms with E-state index in [1.807, 2.05) is 24.0 Å². The lowest BCUT2D eigenvalue weighted by atomic mass is 9.80. The fraction of sp³-hybridized carbons (Fsp3) is 0.600. The first-order valence-electron chi connectivity index (χ1n) is 10.1. The molecule has 2 aromatic rings. The van der Waals surface area contributed by atoms with E-state index in [0.717, 1.165) is 57.3 Å². The number of hydrogen-bond donors (Lipinski definition) is 1. The van der Waals surface area contributed by atoms with E-state index in [1.165, 1.54) is 0 Å². The van der Waals surface area contributed by atoms with Crippen LogP contribution in [-0.4, -0.2) is 81.3 Å². The van der Waals surface area contributed by atoms with E-state index < -0.39 is 0 Å². The van der Waals surface area contributed by atoms with Gasteiger partial charge in [-0.3, -0.25) is 19.8 Å². The summed E-state index contributed by atoms with van der Waals surface area (Å²) in [6.07, 6.45) is 5.50. The Balaban J connectivity index is 1.42. The van der Waals surface area contributed by atoms with Gasteiger partial charge in [0, 0.05) is 63.7 Å². The molecule has 8 heteroatoms. The molecule has 28 heavy (non-hydrogen) atoms. The number of ether oxygens (including phenoxy) is 1. The summed E-state index contributed by atoms with van der Waals surface area (Å²) in [6, 6.07) is 4.20. The van der Waals surface area contributed by atoms with Crippen LogP contribution in [0.15, 0.2) is 24.5 Å². The molecule has 0 bridgehead atoms. The highest BCUT2D eigenvalue weighted by atomic mass is 16.5. The van der Waals surface area contributed by atoms with Crippen LogP contribution in [-0.2, 0) is 10.2 Å². The van der Waals surface area contributed by atoms with Crippen molar-refractivity contribution in [2.75, 3.05) is 39.4 Å². The lowest BCUT2D eigenvalue weighted by molar-refractivity contribution is 0.0374. The number of aryl methyl sites for hydroxylation is 1. The van der Waals surface area contributed by atoms with E-state index in [1.54, 1.807) is 12.4 Å². The molecule has 1 N–H and O–H groups in total. The predicted molar refractivity (Wildman–Crippen MR) is 102 cm³/mol. The topological polar surface area (TPSA) is 87.2 Å². The third-order valence-corrected chi connectivity index (χ3v) is 6.58. The molecule has 5 heterocycles. The number of carbonyl (C=O) groups is 1. The molecular weight excluding hydrogens is 356 g/mol. The van der Waals surface area contributed by atoms with Gasteiger partial charge in [0.15, 0.2) is 5.82 Å². The number of likely N-dealkylation sites (tertiary alicyclic amines) is 2. The van der Waals surface area contributed by atoms with Crippen LogP contribution in [0.2, 0.25) is 0 Å². The van der Waals surface area contributed by atoms with Crippen LogP contribution in [0.3, 0.4) is 0 Å². The number of pyridine rings is 1. The van der Waals surface area contributed by atoms with E-state index in [0.29, 0.717) is 24.1 Å². The number of carbonyl (C=O) groups excluding carboxylic acids is 1. The number of H-pyrrole nitrogens is 1. The summed E-state index contributed by atoms with van der Waals surface area (Å²) in [5.74, 6) is 2.06. The average molecular weight is 382 g/mol. The molecule has 1 amide bonds. The fourth-order valence-corrected chi connectivity index (χ4v) is 5.14. The van der Waals surface area contributed by atoms with Crippen molar-refractivity contribution in [3.8, 4) is 0 Å². The molecular formula is C20H26N6O2. The van der Waals surface area contributed by atoms with Gasteiger partial charge in [0.05, 0.1) is 11.0 Å². The zero-order chi connectivity index (χ0) is 19.1. The molecule has 3 aliphatic heterocycles. The highest BCUT2D eigenvalue weighted by Gasteiger charge is 2.57. The molecule has 0 radical (unpaired) electrons. The SMILES string of the molecule is Cc1nc([C@]23CN(C(=O)c4cccnc4)C[C@H]2CN(C2CCOCC2)C3)n[nH]1. The standard InChI is InChI=1S/C20H26N6O2/c1-14-22-19(24-23-14)20-12-25(17-4-7-28-8-5-17)10-16(20)11-26(13-20)18(27)15-3-2-6-21-9-15/h2-3,6,9,16-17H,4-5,7-8,10-13H2,1H3,(H,22,23,24)/t16-,20-/m1/s1. The summed E-state index contributed by atoms with van der Waals surface area (Å²) in [4.78, 5) is 26.4. The molecule has 0 spiro atoms. The average Bonchev–Trinajstić information content (AvgIpc) is 3.41. The second kappa shape index (κ2) is 6.93. The van der Waals surface area contributed by atoms with E-state index in [9.17, 15) is 4.79 Å². The minimum Gasteiger partial charge on any atom is -0.381 e. The second-order valence-corrected chi connectivity index (χ2v) is 8.30. The van der Waals surface area contributed by atoms with Gasteiger partial charge in [0.2, 0.25) is 0 Å². The molecule has 0 unspecified atom stereocenters. The molecule has 2 aromatic heterocycles. The smallest absolute Gasteiger partial charge is 0.255 e. The van der Waals surface area contributed by atoms with Crippen molar-refractivity contribution in [1.29, 1.82) is 0 Å². The second-order valence-electron chi connectivity index (χ2n) is 8.30. The number of nitrogens with zero attached hydrogens (tertiary/aromatic N) is 5. The van der Waals surface area contributed by atoms with E-state index in [2.05, 4.69) is 20.1 Å². The monoisotopic (exact) mass is 382 g/mol. The zero-order valence-electron chi connectivity index (χ0n) is 16.2. The third kappa shape index (κ3) is 2.91. The zero-order valence-corrected chi connectivity index (χ0v) is 16.2. The first-order valence-corrected chi connectivity index (χ1v) is 10.1. The minimum absolute atomic E-state index is 0.0479. The van der Waals surface area contributed by atoms with Crippen molar-refractivity contribution in [3.05, 3.63) is 41.7 Å². The predicted octanol–water partition coefficient (Wildman–Crippen LogP) is 1.01. The highest BCUT2D eigenvalue weighted by Crippen LogP contribution is 2.45. The Morgan fingerprint density at radius 3 is 2.86 bits per heavy atom. The number of rotatable bonds is 3. The van der Waals surface area contributed by atoms with E-state index in [4.69, 9.17) is 9.72 Å². The molecule has 8 nitrogen and oxygen atoms in total. The number of fused-ring (bicyclic) bond motifs is 1. The number of amides is 1. The fourth-order valence-electron chi connectivity index (χ4n) is 5.14. The molecule has 3 fully saturated rings. The van der Waals surface area contributed by atoms with Gasteiger partial charge in [-0.1, -0.05) is 0 Å². The largest absolute Gasteiger partial charge is 0.381 e. The summed E-state index contributed by atoms with van der Waals surface area (Å²) < 4.78 is 5.55. The summed E-state index contributed by atoms with van der Waals surface area (Å²) in [5, 5.41) is 7.55. The van der Waals surface area contributed by atoms with Crippen LogP contribution in [0.25, 0.3) is 0 Å². The van der Waals surface area contributed by atoms with Crippen molar-refractivity contribution < 1.29 is 9.53 Å². The van der Waals surface area contributed by atoms with Crippen molar-refractivity contribution in [2.24, 2.45) is 5.92 Å². The first-order chi connectivity index (χ1) is 13.7. The maximum atomic E-state index is 13.0. The Morgan fingerprint density at radius 2 is 2.14 bits per heavy atom. The molecule has 0 saturated carbocycles. The van der Waals surface area contributed by atoms with Gasteiger partial charge in [-0.15, -0.1) is 0 Å². The summed E-state index contributed by atoms with van der Waals surface area (Å²) in [6.45, 7) is 6.88.